The van der Waals surface area contributed by atoms with E-state index in [2.05, 4.69) is 11.9 Å². The van der Waals surface area contributed by atoms with Crippen LogP contribution in [-0.2, 0) is 6.54 Å². The van der Waals surface area contributed by atoms with E-state index in [1.54, 1.807) is 18.6 Å². The van der Waals surface area contributed by atoms with Crippen molar-refractivity contribution in [3.05, 3.63) is 24.3 Å². The molecule has 0 N–H and O–H groups in total. The van der Waals surface area contributed by atoms with Crippen molar-refractivity contribution in [1.29, 1.82) is 5.26 Å². The fraction of sp³-hybridized carbons (Fsp3) is 0.333. The Morgan fingerprint density at radius 3 is 3.25 bits per heavy atom. The minimum atomic E-state index is 0.950. The SMILES string of the molecule is CCCn1cncc1C=CC#N. The molecular weight excluding hydrogens is 150 g/mol. The van der Waals surface area contributed by atoms with Crippen LogP contribution in [0.2, 0.25) is 0 Å². The molecule has 0 aliphatic heterocycles. The summed E-state index contributed by atoms with van der Waals surface area (Å²) < 4.78 is 2.02. The van der Waals surface area contributed by atoms with Crippen molar-refractivity contribution in [2.75, 3.05) is 0 Å². The third-order valence-corrected chi connectivity index (χ3v) is 1.54. The van der Waals surface area contributed by atoms with Crippen LogP contribution >= 0.6 is 0 Å². The van der Waals surface area contributed by atoms with Gasteiger partial charge in [0.25, 0.3) is 0 Å². The van der Waals surface area contributed by atoms with Gasteiger partial charge in [-0.25, -0.2) is 4.98 Å². The zero-order valence-corrected chi connectivity index (χ0v) is 7.07. The molecule has 0 amide bonds. The summed E-state index contributed by atoms with van der Waals surface area (Å²) in [5.74, 6) is 0. The van der Waals surface area contributed by atoms with Gasteiger partial charge in [-0.2, -0.15) is 5.26 Å². The molecule has 3 nitrogen and oxygen atoms in total. The Kier molecular flexibility index (Phi) is 3.09. The maximum absolute atomic E-state index is 8.32. The highest BCUT2D eigenvalue weighted by molar-refractivity contribution is 5.46. The smallest absolute Gasteiger partial charge is 0.0950 e. The quantitative estimate of drug-likeness (QED) is 0.634. The first kappa shape index (κ1) is 8.54. The number of nitrogens with zero attached hydrogens (tertiary/aromatic N) is 3. The topological polar surface area (TPSA) is 41.6 Å². The minimum Gasteiger partial charge on any atom is -0.331 e. The predicted octanol–water partition coefficient (Wildman–Crippen LogP) is 1.83. The van der Waals surface area contributed by atoms with Crippen molar-refractivity contribution in [3.8, 4) is 6.07 Å². The molecule has 0 aliphatic carbocycles. The molecule has 0 radical (unpaired) electrons. The van der Waals surface area contributed by atoms with Crippen molar-refractivity contribution in [2.24, 2.45) is 0 Å². The van der Waals surface area contributed by atoms with Gasteiger partial charge >= 0.3 is 0 Å². The number of allylic oxidation sites excluding steroid dienone is 1. The molecule has 62 valence electrons. The number of aromatic nitrogens is 2. The van der Waals surface area contributed by atoms with Crippen LogP contribution in [0, 0.1) is 11.3 Å². The number of hydrogen-bond donors (Lipinski definition) is 0. The molecule has 0 saturated heterocycles. The molecule has 0 atom stereocenters. The van der Waals surface area contributed by atoms with E-state index in [4.69, 9.17) is 5.26 Å². The fourth-order valence-electron chi connectivity index (χ4n) is 1.02. The summed E-state index contributed by atoms with van der Waals surface area (Å²) in [6, 6.07) is 1.95. The maximum Gasteiger partial charge on any atom is 0.0950 e. The molecule has 0 aliphatic rings. The summed E-state index contributed by atoms with van der Waals surface area (Å²) >= 11 is 0. The Labute approximate surface area is 72.0 Å². The average Bonchev–Trinajstić information content (AvgIpc) is 2.50. The normalized spacial score (nSPS) is 10.3. The zero-order valence-electron chi connectivity index (χ0n) is 7.07. The van der Waals surface area contributed by atoms with E-state index in [-0.39, 0.29) is 0 Å². The molecular formula is C9H11N3. The summed E-state index contributed by atoms with van der Waals surface area (Å²) in [5.41, 5.74) is 0.985. The first-order chi connectivity index (χ1) is 5.88. The molecule has 0 saturated carbocycles. The lowest BCUT2D eigenvalue weighted by molar-refractivity contribution is 0.673. The number of nitriles is 1. The van der Waals surface area contributed by atoms with Gasteiger partial charge < -0.3 is 4.57 Å². The van der Waals surface area contributed by atoms with Gasteiger partial charge in [0.1, 0.15) is 0 Å². The molecule has 1 aromatic heterocycles. The average molecular weight is 161 g/mol. The van der Waals surface area contributed by atoms with Crippen molar-refractivity contribution in [3.63, 3.8) is 0 Å². The van der Waals surface area contributed by atoms with Crippen LogP contribution in [0.15, 0.2) is 18.6 Å². The molecule has 0 fully saturated rings. The monoisotopic (exact) mass is 161 g/mol. The fourth-order valence-corrected chi connectivity index (χ4v) is 1.02. The van der Waals surface area contributed by atoms with E-state index < -0.39 is 0 Å². The maximum atomic E-state index is 8.32. The second kappa shape index (κ2) is 4.35. The van der Waals surface area contributed by atoms with Crippen molar-refractivity contribution in [1.82, 2.24) is 9.55 Å². The van der Waals surface area contributed by atoms with Crippen molar-refractivity contribution >= 4 is 6.08 Å². The Morgan fingerprint density at radius 1 is 1.75 bits per heavy atom. The van der Waals surface area contributed by atoms with E-state index in [1.165, 1.54) is 6.08 Å². The highest BCUT2D eigenvalue weighted by Crippen LogP contribution is 2.02. The molecule has 1 heterocycles. The highest BCUT2D eigenvalue weighted by Gasteiger charge is 1.94. The second-order valence-electron chi connectivity index (χ2n) is 2.47. The Morgan fingerprint density at radius 2 is 2.58 bits per heavy atom. The first-order valence-electron chi connectivity index (χ1n) is 3.94. The Hall–Kier alpha value is -1.56. The number of hydrogen-bond acceptors (Lipinski definition) is 2. The molecule has 1 rings (SSSR count). The summed E-state index contributed by atoms with van der Waals surface area (Å²) in [6.45, 7) is 3.06. The Bertz CT molecular complexity index is 304. The molecule has 3 heteroatoms. The van der Waals surface area contributed by atoms with Gasteiger partial charge in [0, 0.05) is 12.6 Å². The summed E-state index contributed by atoms with van der Waals surface area (Å²) in [7, 11) is 0. The van der Waals surface area contributed by atoms with E-state index >= 15 is 0 Å². The van der Waals surface area contributed by atoms with Gasteiger partial charge in [0.15, 0.2) is 0 Å². The molecule has 0 unspecified atom stereocenters. The molecule has 1 aromatic rings. The van der Waals surface area contributed by atoms with Crippen LogP contribution in [-0.4, -0.2) is 9.55 Å². The molecule has 0 bridgehead atoms. The second-order valence-corrected chi connectivity index (χ2v) is 2.47. The van der Waals surface area contributed by atoms with E-state index in [9.17, 15) is 0 Å². The van der Waals surface area contributed by atoms with Gasteiger partial charge in [0.05, 0.1) is 24.3 Å². The van der Waals surface area contributed by atoms with E-state index in [0.717, 1.165) is 18.7 Å². The lowest BCUT2D eigenvalue weighted by Crippen LogP contribution is -1.96. The lowest BCUT2D eigenvalue weighted by Gasteiger charge is -2.00. The predicted molar refractivity (Wildman–Crippen MR) is 47.2 cm³/mol. The van der Waals surface area contributed by atoms with Gasteiger partial charge in [-0.15, -0.1) is 0 Å². The van der Waals surface area contributed by atoms with Crippen LogP contribution in [0.1, 0.15) is 19.0 Å². The van der Waals surface area contributed by atoms with Gasteiger partial charge in [-0.1, -0.05) is 6.92 Å². The number of rotatable bonds is 3. The standard InChI is InChI=1S/C9H11N3/c1-2-6-12-8-11-7-9(12)4-3-5-10/h3-4,7-8H,2,6H2,1H3. The lowest BCUT2D eigenvalue weighted by atomic mass is 10.4. The van der Waals surface area contributed by atoms with E-state index in [1.807, 2.05) is 10.6 Å². The number of aryl methyl sites for hydroxylation is 1. The summed E-state index contributed by atoms with van der Waals surface area (Å²) in [5, 5.41) is 8.32. The zero-order chi connectivity index (χ0) is 8.81. The third-order valence-electron chi connectivity index (χ3n) is 1.54. The minimum absolute atomic E-state index is 0.950. The third kappa shape index (κ3) is 1.96. The largest absolute Gasteiger partial charge is 0.331 e. The van der Waals surface area contributed by atoms with Gasteiger partial charge in [-0.05, 0) is 12.5 Å². The molecule has 0 aromatic carbocycles. The first-order valence-corrected chi connectivity index (χ1v) is 3.94. The van der Waals surface area contributed by atoms with Crippen LogP contribution in [0.25, 0.3) is 6.08 Å². The highest BCUT2D eigenvalue weighted by atomic mass is 15.0. The van der Waals surface area contributed by atoms with Crippen LogP contribution in [0.3, 0.4) is 0 Å². The van der Waals surface area contributed by atoms with Crippen LogP contribution in [0.5, 0.6) is 0 Å². The molecule has 0 spiro atoms. The number of imidazole rings is 1. The Balaban J connectivity index is 2.78. The summed E-state index contributed by atoms with van der Waals surface area (Å²) in [4.78, 5) is 4.00. The van der Waals surface area contributed by atoms with E-state index in [0.29, 0.717) is 0 Å². The van der Waals surface area contributed by atoms with Crippen molar-refractivity contribution in [2.45, 2.75) is 19.9 Å². The summed E-state index contributed by atoms with van der Waals surface area (Å²) in [6.07, 6.45) is 7.83. The molecule has 12 heavy (non-hydrogen) atoms. The van der Waals surface area contributed by atoms with Crippen LogP contribution < -0.4 is 0 Å². The van der Waals surface area contributed by atoms with Crippen molar-refractivity contribution < 1.29 is 0 Å². The van der Waals surface area contributed by atoms with Crippen LogP contribution in [0.4, 0.5) is 0 Å². The van der Waals surface area contributed by atoms with Gasteiger partial charge in [0.2, 0.25) is 0 Å². The van der Waals surface area contributed by atoms with Gasteiger partial charge in [-0.3, -0.25) is 0 Å².